The first kappa shape index (κ1) is 25.7. The summed E-state index contributed by atoms with van der Waals surface area (Å²) in [5.74, 6) is -0.104. The van der Waals surface area contributed by atoms with E-state index < -0.39 is 5.41 Å². The Morgan fingerprint density at radius 3 is 2.24 bits per heavy atom. The van der Waals surface area contributed by atoms with Gasteiger partial charge in [0.05, 0.1) is 11.8 Å². The van der Waals surface area contributed by atoms with Gasteiger partial charge in [0.15, 0.2) is 0 Å². The number of carbonyl (C=O) groups is 3. The van der Waals surface area contributed by atoms with Gasteiger partial charge < -0.3 is 15.4 Å². The van der Waals surface area contributed by atoms with E-state index in [0.717, 1.165) is 47.1 Å². The zero-order chi connectivity index (χ0) is 25.1. The molecule has 0 heterocycles. The zero-order valence-corrected chi connectivity index (χ0v) is 21.3. The second-order valence-electron chi connectivity index (χ2n) is 10.7. The number of carbonyl (C=O) groups excluding carboxylic acids is 3. The maximum Gasteiger partial charge on any atom is 0.228 e. The van der Waals surface area contributed by atoms with Crippen LogP contribution in [0, 0.1) is 30.6 Å². The number of aryl methyl sites for hydroxylation is 2. The second kappa shape index (κ2) is 10.1. The predicted octanol–water partition coefficient (Wildman–Crippen LogP) is 5.17. The van der Waals surface area contributed by atoms with Crippen LogP contribution in [0.25, 0.3) is 0 Å². The highest BCUT2D eigenvalue weighted by atomic mass is 16.2. The molecule has 0 spiro atoms. The Labute approximate surface area is 203 Å². The smallest absolute Gasteiger partial charge is 0.228 e. The summed E-state index contributed by atoms with van der Waals surface area (Å²) in [5.41, 5.74) is 4.24. The maximum atomic E-state index is 13.1. The highest BCUT2D eigenvalue weighted by molar-refractivity contribution is 5.92. The molecule has 0 aliphatic heterocycles. The van der Waals surface area contributed by atoms with Crippen LogP contribution in [-0.2, 0) is 27.2 Å². The fourth-order valence-corrected chi connectivity index (χ4v) is 5.19. The third-order valence-electron chi connectivity index (χ3n) is 8.11. The van der Waals surface area contributed by atoms with Crippen molar-refractivity contribution in [1.82, 2.24) is 5.32 Å². The first-order valence-corrected chi connectivity index (χ1v) is 12.2. The summed E-state index contributed by atoms with van der Waals surface area (Å²) in [5, 5.41) is 6.15. The van der Waals surface area contributed by atoms with Crippen molar-refractivity contribution in [2.24, 2.45) is 16.7 Å². The third-order valence-corrected chi connectivity index (χ3v) is 8.11. The summed E-state index contributed by atoms with van der Waals surface area (Å²) >= 11 is 0. The van der Waals surface area contributed by atoms with Gasteiger partial charge >= 0.3 is 0 Å². The molecule has 0 radical (unpaired) electrons. The number of amides is 2. The molecule has 1 fully saturated rings. The van der Waals surface area contributed by atoms with E-state index in [1.54, 1.807) is 0 Å². The fraction of sp³-hybridized carbons (Fsp3) is 0.483. The highest BCUT2D eigenvalue weighted by Gasteiger charge is 2.55. The van der Waals surface area contributed by atoms with Gasteiger partial charge in [0.2, 0.25) is 11.8 Å². The molecule has 3 atom stereocenters. The number of nitrogens with one attached hydrogen (secondary N) is 2. The molecule has 0 bridgehead atoms. The summed E-state index contributed by atoms with van der Waals surface area (Å²) in [7, 11) is 0. The molecule has 1 aliphatic rings. The topological polar surface area (TPSA) is 75.3 Å². The van der Waals surface area contributed by atoms with Gasteiger partial charge in [0.1, 0.15) is 6.29 Å². The molecule has 0 saturated heterocycles. The first-order chi connectivity index (χ1) is 16.0. The number of anilines is 1. The summed E-state index contributed by atoms with van der Waals surface area (Å²) in [6, 6.07) is 13.8. The average Bonchev–Trinajstić information content (AvgIpc) is 3.01. The molecular weight excluding hydrogens is 424 g/mol. The SMILES string of the molecule is Cc1cccc(C)c1CC(=O)Nc1ccc(CC(C)NC(=O)[C@@]2(C)CC[C@@H](C=O)C2(C)C)cc1. The Kier molecular flexibility index (Phi) is 7.64. The lowest BCUT2D eigenvalue weighted by atomic mass is 9.65. The standard InChI is InChI=1S/C29H38N2O3/c1-19-8-7-9-20(2)25(19)17-26(33)31-24-12-10-22(11-13-24)16-21(3)30-27(34)29(6)15-14-23(18-32)28(29,4)5/h7-13,18,21,23H,14-17H2,1-6H3,(H,30,34)(H,31,33)/t21?,23-,29+/m0/s1. The highest BCUT2D eigenvalue weighted by Crippen LogP contribution is 2.55. The van der Waals surface area contributed by atoms with Crippen molar-refractivity contribution >= 4 is 23.8 Å². The molecular formula is C29H38N2O3. The fourth-order valence-electron chi connectivity index (χ4n) is 5.19. The Morgan fingerprint density at radius 2 is 1.68 bits per heavy atom. The van der Waals surface area contributed by atoms with Gasteiger partial charge in [-0.2, -0.15) is 0 Å². The van der Waals surface area contributed by atoms with E-state index in [9.17, 15) is 14.4 Å². The van der Waals surface area contributed by atoms with Crippen molar-refractivity contribution in [3.63, 3.8) is 0 Å². The predicted molar refractivity (Wildman–Crippen MR) is 137 cm³/mol. The summed E-state index contributed by atoms with van der Waals surface area (Å²) in [4.78, 5) is 37.1. The molecule has 34 heavy (non-hydrogen) atoms. The summed E-state index contributed by atoms with van der Waals surface area (Å²) in [6.45, 7) is 12.1. The molecule has 1 aliphatic carbocycles. The summed E-state index contributed by atoms with van der Waals surface area (Å²) in [6.07, 6.45) is 3.52. The minimum atomic E-state index is -0.559. The first-order valence-electron chi connectivity index (χ1n) is 12.2. The van der Waals surface area contributed by atoms with Crippen molar-refractivity contribution < 1.29 is 14.4 Å². The molecule has 1 unspecified atom stereocenters. The monoisotopic (exact) mass is 462 g/mol. The molecule has 182 valence electrons. The quantitative estimate of drug-likeness (QED) is 0.531. The van der Waals surface area contributed by atoms with Gasteiger partial charge in [0.25, 0.3) is 0 Å². The van der Waals surface area contributed by atoms with Crippen LogP contribution in [0.3, 0.4) is 0 Å². The Balaban J connectivity index is 1.55. The van der Waals surface area contributed by atoms with Gasteiger partial charge in [-0.15, -0.1) is 0 Å². The number of aldehydes is 1. The van der Waals surface area contributed by atoms with Crippen molar-refractivity contribution in [3.05, 3.63) is 64.7 Å². The van der Waals surface area contributed by atoms with Crippen LogP contribution in [0.15, 0.2) is 42.5 Å². The van der Waals surface area contributed by atoms with Gasteiger partial charge in [-0.25, -0.2) is 0 Å². The van der Waals surface area contributed by atoms with E-state index in [1.807, 2.05) is 84.0 Å². The van der Waals surface area contributed by atoms with Crippen molar-refractivity contribution in [3.8, 4) is 0 Å². The molecule has 3 rings (SSSR count). The Morgan fingerprint density at radius 1 is 1.06 bits per heavy atom. The molecule has 2 aromatic carbocycles. The Hall–Kier alpha value is -2.95. The number of rotatable bonds is 8. The molecule has 2 amide bonds. The molecule has 5 nitrogen and oxygen atoms in total. The lowest BCUT2D eigenvalue weighted by Crippen LogP contribution is -2.50. The van der Waals surface area contributed by atoms with E-state index in [0.29, 0.717) is 12.8 Å². The largest absolute Gasteiger partial charge is 0.353 e. The zero-order valence-electron chi connectivity index (χ0n) is 21.3. The average molecular weight is 463 g/mol. The van der Waals surface area contributed by atoms with Crippen molar-refractivity contribution in [2.45, 2.75) is 73.3 Å². The van der Waals surface area contributed by atoms with Crippen LogP contribution >= 0.6 is 0 Å². The molecule has 5 heteroatoms. The lowest BCUT2D eigenvalue weighted by Gasteiger charge is -2.39. The van der Waals surface area contributed by atoms with Crippen molar-refractivity contribution in [1.29, 1.82) is 0 Å². The normalized spacial score (nSPS) is 22.1. The molecule has 0 aromatic heterocycles. The number of benzene rings is 2. The van der Waals surface area contributed by atoms with Gasteiger partial charge in [-0.1, -0.05) is 51.1 Å². The minimum absolute atomic E-state index is 0.0183. The Bertz CT molecular complexity index is 1040. The lowest BCUT2D eigenvalue weighted by molar-refractivity contribution is -0.137. The summed E-state index contributed by atoms with van der Waals surface area (Å²) < 4.78 is 0. The van der Waals surface area contributed by atoms with E-state index >= 15 is 0 Å². The van der Waals surface area contributed by atoms with Crippen molar-refractivity contribution in [2.75, 3.05) is 5.32 Å². The van der Waals surface area contributed by atoms with E-state index in [1.165, 1.54) is 0 Å². The minimum Gasteiger partial charge on any atom is -0.353 e. The second-order valence-corrected chi connectivity index (χ2v) is 10.7. The van der Waals surface area contributed by atoms with Crippen LogP contribution in [0.2, 0.25) is 0 Å². The molecule has 1 saturated carbocycles. The van der Waals surface area contributed by atoms with Crippen LogP contribution in [0.5, 0.6) is 0 Å². The van der Waals surface area contributed by atoms with Gasteiger partial charge in [-0.05, 0) is 79.8 Å². The van der Waals surface area contributed by atoms with Crippen LogP contribution < -0.4 is 10.6 Å². The maximum absolute atomic E-state index is 13.1. The molecule has 2 aromatic rings. The van der Waals surface area contributed by atoms with E-state index in [-0.39, 0.29) is 29.2 Å². The third kappa shape index (κ3) is 5.24. The van der Waals surface area contributed by atoms with E-state index in [2.05, 4.69) is 10.6 Å². The number of hydrogen-bond acceptors (Lipinski definition) is 3. The van der Waals surface area contributed by atoms with Gasteiger partial charge in [0, 0.05) is 17.6 Å². The van der Waals surface area contributed by atoms with E-state index in [4.69, 9.17) is 0 Å². The van der Waals surface area contributed by atoms with Crippen LogP contribution in [-0.4, -0.2) is 24.1 Å². The molecule has 2 N–H and O–H groups in total. The van der Waals surface area contributed by atoms with Gasteiger partial charge in [-0.3, -0.25) is 9.59 Å². The van der Waals surface area contributed by atoms with Crippen LogP contribution in [0.1, 0.15) is 62.8 Å². The van der Waals surface area contributed by atoms with Crippen LogP contribution in [0.4, 0.5) is 5.69 Å². The number of hydrogen-bond donors (Lipinski definition) is 2.